The maximum absolute atomic E-state index is 13.9. The minimum atomic E-state index is -0.601. The van der Waals surface area contributed by atoms with Crippen LogP contribution in [0.25, 0.3) is 11.8 Å². The molecular weight excluding hydrogens is 609 g/mol. The van der Waals surface area contributed by atoms with Crippen LogP contribution in [0.15, 0.2) is 75.7 Å². The van der Waals surface area contributed by atoms with Gasteiger partial charge in [-0.2, -0.15) is 0 Å². The molecule has 2 aromatic carbocycles. The van der Waals surface area contributed by atoms with Gasteiger partial charge in [0.1, 0.15) is 0 Å². The minimum absolute atomic E-state index is 0.174. The molecule has 1 unspecified atom stereocenters. The zero-order chi connectivity index (χ0) is 27.1. The number of carbonyl (C=O) groups excluding carboxylic acids is 1. The highest BCUT2D eigenvalue weighted by molar-refractivity contribution is 14.1. The van der Waals surface area contributed by atoms with Crippen LogP contribution >= 0.6 is 33.9 Å². The van der Waals surface area contributed by atoms with Gasteiger partial charge in [-0.1, -0.05) is 47.7 Å². The molecule has 0 aliphatic carbocycles. The van der Waals surface area contributed by atoms with Crippen molar-refractivity contribution in [1.29, 1.82) is 0 Å². The molecule has 6 nitrogen and oxygen atoms in total. The number of hydrogen-bond donors (Lipinski definition) is 0. The van der Waals surface area contributed by atoms with Crippen LogP contribution in [0.4, 0.5) is 0 Å². The van der Waals surface area contributed by atoms with Crippen LogP contribution in [0.2, 0.25) is 0 Å². The van der Waals surface area contributed by atoms with Gasteiger partial charge in [0, 0.05) is 20.6 Å². The van der Waals surface area contributed by atoms with E-state index >= 15 is 0 Å². The third-order valence-corrected chi connectivity index (χ3v) is 8.95. The summed E-state index contributed by atoms with van der Waals surface area (Å²) in [7, 11) is 0. The molecule has 3 heterocycles. The SMILES string of the molecule is CCOC(=O)C1=C(C)N=c2sc(=Cc3cc(C)n(-c4ccc(C)c(I)c4)c3C)c(=O)n2C1c1ccccc1. The largest absolute Gasteiger partial charge is 0.463 e. The number of halogens is 1. The van der Waals surface area contributed by atoms with Gasteiger partial charge in [-0.15, -0.1) is 0 Å². The van der Waals surface area contributed by atoms with Crippen molar-refractivity contribution in [2.75, 3.05) is 6.61 Å². The molecule has 0 saturated heterocycles. The lowest BCUT2D eigenvalue weighted by Crippen LogP contribution is -2.39. The molecule has 194 valence electrons. The molecule has 2 aromatic heterocycles. The normalized spacial score (nSPS) is 15.4. The van der Waals surface area contributed by atoms with Gasteiger partial charge < -0.3 is 9.30 Å². The molecule has 0 saturated carbocycles. The van der Waals surface area contributed by atoms with Crippen LogP contribution in [0.1, 0.15) is 48.0 Å². The van der Waals surface area contributed by atoms with E-state index < -0.39 is 12.0 Å². The lowest BCUT2D eigenvalue weighted by Gasteiger charge is -2.24. The molecule has 4 aromatic rings. The Morgan fingerprint density at radius 3 is 2.53 bits per heavy atom. The number of rotatable bonds is 5. The van der Waals surface area contributed by atoms with Crippen LogP contribution in [-0.4, -0.2) is 21.7 Å². The van der Waals surface area contributed by atoms with Crippen molar-refractivity contribution in [1.82, 2.24) is 9.13 Å². The van der Waals surface area contributed by atoms with Crippen molar-refractivity contribution in [3.05, 3.63) is 117 Å². The number of fused-ring (bicyclic) bond motifs is 1. The fourth-order valence-corrected chi connectivity index (χ4v) is 6.47. The molecule has 8 heteroatoms. The van der Waals surface area contributed by atoms with Crippen molar-refractivity contribution >= 4 is 46.0 Å². The number of ether oxygens (including phenoxy) is 1. The van der Waals surface area contributed by atoms with Crippen molar-refractivity contribution in [3.63, 3.8) is 0 Å². The first-order valence-corrected chi connectivity index (χ1v) is 14.3. The highest BCUT2D eigenvalue weighted by atomic mass is 127. The Bertz CT molecular complexity index is 1780. The van der Waals surface area contributed by atoms with E-state index in [4.69, 9.17) is 4.74 Å². The van der Waals surface area contributed by atoms with Gasteiger partial charge in [0.2, 0.25) is 0 Å². The van der Waals surface area contributed by atoms with Crippen LogP contribution in [0.3, 0.4) is 0 Å². The summed E-state index contributed by atoms with van der Waals surface area (Å²) in [6.45, 7) is 10.1. The number of aryl methyl sites for hydroxylation is 2. The number of hydrogen-bond acceptors (Lipinski definition) is 5. The van der Waals surface area contributed by atoms with Gasteiger partial charge in [-0.05, 0) is 98.2 Å². The fraction of sp³-hybridized carbons (Fsp3) is 0.233. The van der Waals surface area contributed by atoms with E-state index in [-0.39, 0.29) is 12.2 Å². The number of nitrogens with zero attached hydrogens (tertiary/aromatic N) is 3. The van der Waals surface area contributed by atoms with Crippen LogP contribution in [0, 0.1) is 24.3 Å². The zero-order valence-corrected chi connectivity index (χ0v) is 24.9. The summed E-state index contributed by atoms with van der Waals surface area (Å²) < 4.78 is 11.0. The summed E-state index contributed by atoms with van der Waals surface area (Å²) in [4.78, 5) is 32.1. The quantitative estimate of drug-likeness (QED) is 0.226. The molecule has 0 radical (unpaired) electrons. The van der Waals surface area contributed by atoms with E-state index in [9.17, 15) is 9.59 Å². The van der Waals surface area contributed by atoms with Crippen molar-refractivity contribution in [3.8, 4) is 5.69 Å². The Morgan fingerprint density at radius 1 is 1.11 bits per heavy atom. The Kier molecular flexibility index (Phi) is 7.28. The van der Waals surface area contributed by atoms with Gasteiger partial charge in [0.15, 0.2) is 4.80 Å². The summed E-state index contributed by atoms with van der Waals surface area (Å²) in [5, 5.41) is 0. The summed E-state index contributed by atoms with van der Waals surface area (Å²) in [6.07, 6.45) is 1.94. The molecule has 1 aliphatic rings. The number of aromatic nitrogens is 2. The number of benzene rings is 2. The summed E-state index contributed by atoms with van der Waals surface area (Å²) >= 11 is 3.70. The molecule has 0 spiro atoms. The van der Waals surface area contributed by atoms with Crippen LogP contribution < -0.4 is 14.9 Å². The molecule has 38 heavy (non-hydrogen) atoms. The topological polar surface area (TPSA) is 65.6 Å². The lowest BCUT2D eigenvalue weighted by molar-refractivity contribution is -0.139. The molecule has 0 N–H and O–H groups in total. The number of esters is 1. The smallest absolute Gasteiger partial charge is 0.338 e. The third-order valence-electron chi connectivity index (χ3n) is 6.80. The summed E-state index contributed by atoms with van der Waals surface area (Å²) in [6, 6.07) is 17.5. The first-order chi connectivity index (χ1) is 18.2. The van der Waals surface area contributed by atoms with Gasteiger partial charge in [0.05, 0.1) is 28.5 Å². The molecule has 5 rings (SSSR count). The van der Waals surface area contributed by atoms with Gasteiger partial charge >= 0.3 is 5.97 Å². The van der Waals surface area contributed by atoms with Gasteiger partial charge in [0.25, 0.3) is 5.56 Å². The number of allylic oxidation sites excluding steroid dienone is 1. The summed E-state index contributed by atoms with van der Waals surface area (Å²) in [5.74, 6) is -0.451. The van der Waals surface area contributed by atoms with E-state index in [0.29, 0.717) is 20.6 Å². The van der Waals surface area contributed by atoms with E-state index in [1.54, 1.807) is 18.4 Å². The predicted octanol–water partition coefficient (Wildman–Crippen LogP) is 5.12. The Balaban J connectivity index is 1.68. The first-order valence-electron chi connectivity index (χ1n) is 12.4. The summed E-state index contributed by atoms with van der Waals surface area (Å²) in [5.41, 5.74) is 7.07. The zero-order valence-electron chi connectivity index (χ0n) is 21.9. The second-order valence-electron chi connectivity index (χ2n) is 9.31. The monoisotopic (exact) mass is 637 g/mol. The molecule has 1 aliphatic heterocycles. The number of thiazole rings is 1. The lowest BCUT2D eigenvalue weighted by atomic mass is 9.96. The maximum atomic E-state index is 13.9. The standard InChI is InChI=1S/C30H28IN3O3S/c1-6-37-29(36)26-19(4)32-30-34(27(26)21-10-8-7-9-11-21)28(35)25(38-30)15-22-14-18(3)33(20(22)5)23-13-12-17(2)24(31)16-23/h7-16,27H,6H2,1-5H3. The number of carbonyl (C=O) groups is 1. The molecule has 0 amide bonds. The second kappa shape index (κ2) is 10.5. The maximum Gasteiger partial charge on any atom is 0.338 e. The van der Waals surface area contributed by atoms with E-state index in [1.165, 1.54) is 20.5 Å². The highest BCUT2D eigenvalue weighted by Gasteiger charge is 2.33. The second-order valence-corrected chi connectivity index (χ2v) is 11.5. The van der Waals surface area contributed by atoms with E-state index in [0.717, 1.165) is 28.2 Å². The van der Waals surface area contributed by atoms with Crippen molar-refractivity contribution in [2.45, 2.75) is 40.7 Å². The van der Waals surface area contributed by atoms with E-state index in [2.05, 4.69) is 77.2 Å². The van der Waals surface area contributed by atoms with Crippen LogP contribution in [-0.2, 0) is 9.53 Å². The van der Waals surface area contributed by atoms with E-state index in [1.807, 2.05) is 36.4 Å². The van der Waals surface area contributed by atoms with Crippen molar-refractivity contribution in [2.24, 2.45) is 4.99 Å². The molecule has 0 bridgehead atoms. The molecule has 0 fully saturated rings. The van der Waals surface area contributed by atoms with Crippen molar-refractivity contribution < 1.29 is 9.53 Å². The Morgan fingerprint density at radius 2 is 1.84 bits per heavy atom. The highest BCUT2D eigenvalue weighted by Crippen LogP contribution is 2.30. The van der Waals surface area contributed by atoms with Gasteiger partial charge in [-0.3, -0.25) is 9.36 Å². The Labute approximate surface area is 238 Å². The average molecular weight is 638 g/mol. The Hall–Kier alpha value is -3.24. The predicted molar refractivity (Wildman–Crippen MR) is 160 cm³/mol. The van der Waals surface area contributed by atoms with Crippen LogP contribution in [0.5, 0.6) is 0 Å². The average Bonchev–Trinajstić information content (AvgIpc) is 3.34. The molecular formula is C30H28IN3O3S. The molecule has 1 atom stereocenters. The van der Waals surface area contributed by atoms with Gasteiger partial charge in [-0.25, -0.2) is 9.79 Å². The third kappa shape index (κ3) is 4.60. The first kappa shape index (κ1) is 26.4. The fourth-order valence-electron chi connectivity index (χ4n) is 4.94. The minimum Gasteiger partial charge on any atom is -0.463 e.